The molecule has 0 aliphatic heterocycles. The van der Waals surface area contributed by atoms with Gasteiger partial charge in [0, 0.05) is 10.9 Å². The molecule has 0 spiro atoms. The summed E-state index contributed by atoms with van der Waals surface area (Å²) in [6.07, 6.45) is 2.25. The van der Waals surface area contributed by atoms with Crippen LogP contribution >= 0.6 is 22.7 Å². The fourth-order valence-electron chi connectivity index (χ4n) is 3.20. The van der Waals surface area contributed by atoms with Gasteiger partial charge in [-0.05, 0) is 37.0 Å². The van der Waals surface area contributed by atoms with Crippen LogP contribution in [-0.4, -0.2) is 22.2 Å². The van der Waals surface area contributed by atoms with Gasteiger partial charge in [0.15, 0.2) is 11.5 Å². The Balaban J connectivity index is 1.35. The molecule has 160 valence electrons. The lowest BCUT2D eigenvalue weighted by molar-refractivity contribution is 0.281. The topological polar surface area (TPSA) is 84.4 Å². The highest BCUT2D eigenvalue weighted by molar-refractivity contribution is 7.13. The first-order valence-corrected chi connectivity index (χ1v) is 11.5. The van der Waals surface area contributed by atoms with Crippen molar-refractivity contribution >= 4 is 22.7 Å². The van der Waals surface area contributed by atoms with Crippen LogP contribution in [0.2, 0.25) is 0 Å². The van der Waals surface area contributed by atoms with E-state index in [0.29, 0.717) is 29.4 Å². The summed E-state index contributed by atoms with van der Waals surface area (Å²) in [5, 5.41) is 12.7. The number of H-pyrrole nitrogens is 1. The number of benzene rings is 2. The molecule has 0 aliphatic carbocycles. The van der Waals surface area contributed by atoms with Crippen LogP contribution in [0.15, 0.2) is 58.7 Å². The average Bonchev–Trinajstić information content (AvgIpc) is 3.39. The first-order chi connectivity index (χ1) is 15.1. The van der Waals surface area contributed by atoms with Crippen LogP contribution in [0.1, 0.15) is 22.6 Å². The monoisotopic (exact) mass is 454 g/mol. The summed E-state index contributed by atoms with van der Waals surface area (Å²) < 4.78 is 11.5. The summed E-state index contributed by atoms with van der Waals surface area (Å²) in [5.74, 6) is 1.32. The molecule has 0 radical (unpaired) electrons. The van der Waals surface area contributed by atoms with Crippen LogP contribution < -0.4 is 14.3 Å². The zero-order valence-corrected chi connectivity index (χ0v) is 18.6. The van der Waals surface area contributed by atoms with Gasteiger partial charge in [0.25, 0.3) is 0 Å². The van der Waals surface area contributed by atoms with E-state index in [1.54, 1.807) is 18.4 Å². The summed E-state index contributed by atoms with van der Waals surface area (Å²) in [6, 6.07) is 16.0. The number of hydrogen-bond acceptors (Lipinski definition) is 7. The van der Waals surface area contributed by atoms with E-state index < -0.39 is 0 Å². The molecule has 0 bridgehead atoms. The van der Waals surface area contributed by atoms with Crippen LogP contribution in [0.25, 0.3) is 10.6 Å². The molecule has 2 aromatic heterocycles. The van der Waals surface area contributed by atoms with Crippen molar-refractivity contribution in [3.05, 3.63) is 79.7 Å². The lowest BCUT2D eigenvalue weighted by Crippen LogP contribution is -1.99. The van der Waals surface area contributed by atoms with Gasteiger partial charge in [-0.3, -0.25) is 9.78 Å². The van der Waals surface area contributed by atoms with Crippen LogP contribution in [0.5, 0.6) is 17.4 Å². The molecule has 4 aromatic rings. The van der Waals surface area contributed by atoms with E-state index in [2.05, 4.69) is 9.97 Å². The molecule has 0 saturated carbocycles. The smallest absolute Gasteiger partial charge is 0.307 e. The maximum atomic E-state index is 11.3. The molecule has 0 amide bonds. The van der Waals surface area contributed by atoms with Crippen molar-refractivity contribution in [2.75, 3.05) is 7.11 Å². The van der Waals surface area contributed by atoms with Gasteiger partial charge in [0.2, 0.25) is 5.88 Å². The zero-order chi connectivity index (χ0) is 21.6. The second kappa shape index (κ2) is 9.80. The minimum Gasteiger partial charge on any atom is -0.494 e. The van der Waals surface area contributed by atoms with Crippen molar-refractivity contribution in [2.24, 2.45) is 0 Å². The Morgan fingerprint density at radius 3 is 2.68 bits per heavy atom. The Bertz CT molecular complexity index is 1200. The average molecular weight is 455 g/mol. The molecule has 31 heavy (non-hydrogen) atoms. The van der Waals surface area contributed by atoms with E-state index in [4.69, 9.17) is 9.47 Å². The number of thiazole rings is 2. The molecular weight excluding hydrogens is 432 g/mol. The van der Waals surface area contributed by atoms with Gasteiger partial charge in [-0.25, -0.2) is 4.98 Å². The Kier molecular flexibility index (Phi) is 6.69. The molecule has 0 atom stereocenters. The Hall–Kier alpha value is -3.10. The molecule has 2 aromatic carbocycles. The van der Waals surface area contributed by atoms with Crippen LogP contribution in [0, 0.1) is 0 Å². The first-order valence-electron chi connectivity index (χ1n) is 9.83. The van der Waals surface area contributed by atoms with Gasteiger partial charge in [0.1, 0.15) is 11.6 Å². The summed E-state index contributed by atoms with van der Waals surface area (Å²) >= 11 is 2.65. The number of aryl methyl sites for hydroxylation is 2. The van der Waals surface area contributed by atoms with E-state index in [1.807, 2.05) is 53.9 Å². The van der Waals surface area contributed by atoms with E-state index >= 15 is 0 Å². The SMILES string of the molecule is COc1cc(CCCc2sc(=O)[nH]c2O)ccc1OCc1csc(-c2ccccc2)n1. The maximum absolute atomic E-state index is 11.3. The third kappa shape index (κ3) is 5.34. The summed E-state index contributed by atoms with van der Waals surface area (Å²) in [6.45, 7) is 0.366. The molecule has 2 N–H and O–H groups in total. The highest BCUT2D eigenvalue weighted by Gasteiger charge is 2.10. The number of methoxy groups -OCH3 is 1. The lowest BCUT2D eigenvalue weighted by atomic mass is 10.1. The zero-order valence-electron chi connectivity index (χ0n) is 17.0. The number of aromatic nitrogens is 2. The Morgan fingerprint density at radius 2 is 1.94 bits per heavy atom. The van der Waals surface area contributed by atoms with Gasteiger partial charge in [-0.1, -0.05) is 47.7 Å². The minimum absolute atomic E-state index is 0.0196. The van der Waals surface area contributed by atoms with Gasteiger partial charge in [0.05, 0.1) is 17.7 Å². The normalized spacial score (nSPS) is 10.9. The molecule has 0 unspecified atom stereocenters. The Labute approximate surface area is 187 Å². The second-order valence-corrected chi connectivity index (χ2v) is 8.85. The molecule has 4 rings (SSSR count). The van der Waals surface area contributed by atoms with Crippen molar-refractivity contribution in [1.29, 1.82) is 0 Å². The lowest BCUT2D eigenvalue weighted by Gasteiger charge is -2.11. The number of aromatic hydroxyl groups is 1. The highest BCUT2D eigenvalue weighted by Crippen LogP contribution is 2.30. The summed E-state index contributed by atoms with van der Waals surface area (Å²) in [4.78, 5) is 18.8. The van der Waals surface area contributed by atoms with Crippen molar-refractivity contribution in [1.82, 2.24) is 9.97 Å². The fourth-order valence-corrected chi connectivity index (χ4v) is 4.78. The van der Waals surface area contributed by atoms with E-state index in [1.165, 1.54) is 0 Å². The number of aromatic amines is 1. The quantitative estimate of drug-likeness (QED) is 0.371. The van der Waals surface area contributed by atoms with Crippen LogP contribution in [0.3, 0.4) is 0 Å². The van der Waals surface area contributed by atoms with Gasteiger partial charge < -0.3 is 14.6 Å². The van der Waals surface area contributed by atoms with Crippen LogP contribution in [-0.2, 0) is 19.4 Å². The van der Waals surface area contributed by atoms with Crippen molar-refractivity contribution < 1.29 is 14.6 Å². The fraction of sp³-hybridized carbons (Fsp3) is 0.217. The van der Waals surface area contributed by atoms with Crippen molar-refractivity contribution in [2.45, 2.75) is 25.9 Å². The number of ether oxygens (including phenoxy) is 2. The van der Waals surface area contributed by atoms with Crippen LogP contribution in [0.4, 0.5) is 0 Å². The molecule has 8 heteroatoms. The number of rotatable bonds is 9. The molecule has 6 nitrogen and oxygen atoms in total. The third-order valence-corrected chi connectivity index (χ3v) is 6.62. The number of nitrogens with zero attached hydrogens (tertiary/aromatic N) is 1. The molecular formula is C23H22N2O4S2. The van der Waals surface area contributed by atoms with Crippen molar-refractivity contribution in [3.8, 4) is 28.0 Å². The predicted octanol–water partition coefficient (Wildman–Crippen LogP) is 5.03. The second-order valence-electron chi connectivity index (χ2n) is 6.92. The highest BCUT2D eigenvalue weighted by atomic mass is 32.1. The number of nitrogens with one attached hydrogen (secondary N) is 1. The minimum atomic E-state index is -0.230. The number of hydrogen-bond donors (Lipinski definition) is 2. The summed E-state index contributed by atoms with van der Waals surface area (Å²) in [7, 11) is 1.62. The third-order valence-electron chi connectivity index (χ3n) is 4.75. The van der Waals surface area contributed by atoms with Crippen molar-refractivity contribution in [3.63, 3.8) is 0 Å². The summed E-state index contributed by atoms with van der Waals surface area (Å²) in [5.41, 5.74) is 3.08. The Morgan fingerprint density at radius 1 is 1.10 bits per heavy atom. The molecule has 0 saturated heterocycles. The maximum Gasteiger partial charge on any atom is 0.307 e. The molecule has 0 aliphatic rings. The van der Waals surface area contributed by atoms with Gasteiger partial charge >= 0.3 is 4.87 Å². The van der Waals surface area contributed by atoms with E-state index in [-0.39, 0.29) is 10.8 Å². The largest absolute Gasteiger partial charge is 0.494 e. The standard InChI is InChI=1S/C23H22N2O4S2/c1-28-19-12-15(6-5-9-20-21(26)25-23(27)31-20)10-11-18(19)29-13-17-14-30-22(24-17)16-7-3-2-4-8-16/h2-4,7-8,10-12,14,26H,5-6,9,13H2,1H3,(H,25,27). The molecule has 0 fully saturated rings. The molecule has 2 heterocycles. The van der Waals surface area contributed by atoms with E-state index in [9.17, 15) is 9.90 Å². The first kappa shape index (κ1) is 21.1. The predicted molar refractivity (Wildman–Crippen MR) is 124 cm³/mol. The van der Waals surface area contributed by atoms with Gasteiger partial charge in [-0.15, -0.1) is 11.3 Å². The van der Waals surface area contributed by atoms with E-state index in [0.717, 1.165) is 46.0 Å². The van der Waals surface area contributed by atoms with Gasteiger partial charge in [-0.2, -0.15) is 0 Å².